The van der Waals surface area contributed by atoms with Gasteiger partial charge in [-0.25, -0.2) is 0 Å². The second-order valence-corrected chi connectivity index (χ2v) is 5.15. The molecular formula is C18H22N2O3. The van der Waals surface area contributed by atoms with Crippen molar-refractivity contribution in [2.24, 2.45) is 7.05 Å². The van der Waals surface area contributed by atoms with Crippen LogP contribution in [0.3, 0.4) is 0 Å². The maximum absolute atomic E-state index is 12.9. The Hall–Kier alpha value is -2.69. The largest absolute Gasteiger partial charge is 0.497 e. The van der Waals surface area contributed by atoms with Gasteiger partial charge in [0.1, 0.15) is 11.5 Å². The van der Waals surface area contributed by atoms with Crippen molar-refractivity contribution in [2.75, 3.05) is 20.8 Å². The van der Waals surface area contributed by atoms with Crippen LogP contribution in [0.1, 0.15) is 16.1 Å². The van der Waals surface area contributed by atoms with E-state index in [0.717, 1.165) is 5.69 Å². The summed E-state index contributed by atoms with van der Waals surface area (Å²) >= 11 is 0. The fraction of sp³-hybridized carbons (Fsp3) is 0.278. The van der Waals surface area contributed by atoms with Gasteiger partial charge in [-0.15, -0.1) is 6.58 Å². The van der Waals surface area contributed by atoms with Gasteiger partial charge in [-0.1, -0.05) is 6.08 Å². The molecule has 0 fully saturated rings. The van der Waals surface area contributed by atoms with E-state index in [1.807, 2.05) is 29.9 Å². The number of ether oxygens (including phenoxy) is 2. The molecule has 0 aliphatic heterocycles. The van der Waals surface area contributed by atoms with Crippen molar-refractivity contribution in [2.45, 2.75) is 6.54 Å². The fourth-order valence-electron chi connectivity index (χ4n) is 2.38. The lowest BCUT2D eigenvalue weighted by Crippen LogP contribution is -2.31. The van der Waals surface area contributed by atoms with E-state index in [1.54, 1.807) is 43.4 Å². The molecule has 0 aliphatic rings. The van der Waals surface area contributed by atoms with E-state index in [2.05, 4.69) is 6.58 Å². The molecule has 23 heavy (non-hydrogen) atoms. The van der Waals surface area contributed by atoms with Crippen molar-refractivity contribution >= 4 is 5.91 Å². The number of benzene rings is 1. The summed E-state index contributed by atoms with van der Waals surface area (Å²) in [6, 6.07) is 9.14. The molecule has 0 aliphatic carbocycles. The molecule has 1 aromatic heterocycles. The van der Waals surface area contributed by atoms with E-state index in [1.165, 1.54) is 0 Å². The van der Waals surface area contributed by atoms with E-state index in [9.17, 15) is 4.79 Å². The van der Waals surface area contributed by atoms with E-state index in [0.29, 0.717) is 30.2 Å². The van der Waals surface area contributed by atoms with Gasteiger partial charge >= 0.3 is 0 Å². The zero-order valence-electron chi connectivity index (χ0n) is 13.8. The van der Waals surface area contributed by atoms with Crippen LogP contribution >= 0.6 is 0 Å². The predicted molar refractivity (Wildman–Crippen MR) is 89.9 cm³/mol. The molecule has 0 saturated heterocycles. The van der Waals surface area contributed by atoms with Crippen LogP contribution in [0.4, 0.5) is 0 Å². The van der Waals surface area contributed by atoms with Gasteiger partial charge in [0.25, 0.3) is 5.91 Å². The highest BCUT2D eigenvalue weighted by atomic mass is 16.5. The van der Waals surface area contributed by atoms with Crippen molar-refractivity contribution in [1.82, 2.24) is 9.47 Å². The Morgan fingerprint density at radius 2 is 2.09 bits per heavy atom. The molecule has 0 bridgehead atoms. The van der Waals surface area contributed by atoms with E-state index in [-0.39, 0.29) is 5.91 Å². The van der Waals surface area contributed by atoms with E-state index in [4.69, 9.17) is 9.47 Å². The topological polar surface area (TPSA) is 43.7 Å². The van der Waals surface area contributed by atoms with Crippen LogP contribution in [0.25, 0.3) is 0 Å². The first-order valence-electron chi connectivity index (χ1n) is 7.33. The fourth-order valence-corrected chi connectivity index (χ4v) is 2.38. The van der Waals surface area contributed by atoms with Crippen molar-refractivity contribution in [3.63, 3.8) is 0 Å². The van der Waals surface area contributed by atoms with Gasteiger partial charge in [0.05, 0.1) is 26.3 Å². The van der Waals surface area contributed by atoms with Gasteiger partial charge in [-0.2, -0.15) is 0 Å². The highest BCUT2D eigenvalue weighted by Gasteiger charge is 2.20. The van der Waals surface area contributed by atoms with Gasteiger partial charge in [0.2, 0.25) is 0 Å². The molecule has 0 unspecified atom stereocenters. The summed E-state index contributed by atoms with van der Waals surface area (Å²) in [6.45, 7) is 4.71. The molecule has 0 radical (unpaired) electrons. The first-order chi connectivity index (χ1) is 11.1. The zero-order valence-corrected chi connectivity index (χ0v) is 13.8. The first kappa shape index (κ1) is 16.7. The van der Waals surface area contributed by atoms with Crippen LogP contribution < -0.4 is 9.47 Å². The smallest absolute Gasteiger partial charge is 0.258 e. The number of carbonyl (C=O) groups excluding carboxylic acids is 1. The molecule has 0 spiro atoms. The van der Waals surface area contributed by atoms with E-state index >= 15 is 0 Å². The van der Waals surface area contributed by atoms with Gasteiger partial charge in [0.15, 0.2) is 0 Å². The molecule has 5 nitrogen and oxygen atoms in total. The van der Waals surface area contributed by atoms with Crippen LogP contribution in [-0.2, 0) is 13.6 Å². The normalized spacial score (nSPS) is 10.2. The van der Waals surface area contributed by atoms with Crippen LogP contribution in [0, 0.1) is 0 Å². The van der Waals surface area contributed by atoms with Crippen LogP contribution in [0.5, 0.6) is 11.5 Å². The number of amides is 1. The molecule has 5 heteroatoms. The van der Waals surface area contributed by atoms with Crippen LogP contribution in [-0.4, -0.2) is 36.1 Å². The third-order valence-corrected chi connectivity index (χ3v) is 3.68. The van der Waals surface area contributed by atoms with Crippen molar-refractivity contribution < 1.29 is 14.3 Å². The molecular weight excluding hydrogens is 292 g/mol. The number of hydrogen-bond donors (Lipinski definition) is 0. The second-order valence-electron chi connectivity index (χ2n) is 5.15. The van der Waals surface area contributed by atoms with Gasteiger partial charge in [0, 0.05) is 31.5 Å². The molecule has 2 aromatic rings. The minimum atomic E-state index is -0.106. The SMILES string of the molecule is C=CCN(Cc1cccn1C)C(=O)c1ccc(OC)cc1OC. The first-order valence-corrected chi connectivity index (χ1v) is 7.33. The highest BCUT2D eigenvalue weighted by molar-refractivity contribution is 5.97. The molecule has 1 amide bonds. The summed E-state index contributed by atoms with van der Waals surface area (Å²) in [5, 5.41) is 0. The number of hydrogen-bond acceptors (Lipinski definition) is 3. The number of carbonyl (C=O) groups is 1. The Morgan fingerprint density at radius 3 is 2.65 bits per heavy atom. The molecule has 1 aromatic carbocycles. The van der Waals surface area contributed by atoms with Crippen molar-refractivity contribution in [3.05, 3.63) is 60.4 Å². The highest BCUT2D eigenvalue weighted by Crippen LogP contribution is 2.26. The number of aryl methyl sites for hydroxylation is 1. The maximum atomic E-state index is 12.9. The van der Waals surface area contributed by atoms with Crippen molar-refractivity contribution in [1.29, 1.82) is 0 Å². The lowest BCUT2D eigenvalue weighted by molar-refractivity contribution is 0.0756. The summed E-state index contributed by atoms with van der Waals surface area (Å²) < 4.78 is 12.5. The third-order valence-electron chi connectivity index (χ3n) is 3.68. The van der Waals surface area contributed by atoms with Gasteiger partial charge < -0.3 is 18.9 Å². The summed E-state index contributed by atoms with van der Waals surface area (Å²) in [5.41, 5.74) is 1.55. The zero-order chi connectivity index (χ0) is 16.8. The molecule has 122 valence electrons. The minimum absolute atomic E-state index is 0.106. The summed E-state index contributed by atoms with van der Waals surface area (Å²) in [5.74, 6) is 1.04. The Balaban J connectivity index is 2.30. The van der Waals surface area contributed by atoms with Gasteiger partial charge in [-0.05, 0) is 24.3 Å². The Bertz CT molecular complexity index is 691. The number of rotatable bonds is 7. The average molecular weight is 314 g/mol. The Morgan fingerprint density at radius 1 is 1.30 bits per heavy atom. The quantitative estimate of drug-likeness (QED) is 0.738. The Labute approximate surface area is 136 Å². The summed E-state index contributed by atoms with van der Waals surface area (Å²) in [4.78, 5) is 14.6. The van der Waals surface area contributed by atoms with E-state index < -0.39 is 0 Å². The average Bonchev–Trinajstić information content (AvgIpc) is 2.98. The van der Waals surface area contributed by atoms with Crippen molar-refractivity contribution in [3.8, 4) is 11.5 Å². The molecule has 0 N–H and O–H groups in total. The van der Waals surface area contributed by atoms with Crippen LogP contribution in [0.15, 0.2) is 49.2 Å². The monoisotopic (exact) mass is 314 g/mol. The standard InChI is InChI=1S/C18H22N2O3/c1-5-10-20(13-14-7-6-11-19(14)2)18(21)16-9-8-15(22-3)12-17(16)23-4/h5-9,11-12H,1,10,13H2,2-4H3. The molecule has 2 rings (SSSR count). The summed E-state index contributed by atoms with van der Waals surface area (Å²) in [7, 11) is 5.08. The molecule has 1 heterocycles. The van der Waals surface area contributed by atoms with Gasteiger partial charge in [-0.3, -0.25) is 4.79 Å². The number of methoxy groups -OCH3 is 2. The number of nitrogens with zero attached hydrogens (tertiary/aromatic N) is 2. The Kier molecular flexibility index (Phi) is 5.46. The maximum Gasteiger partial charge on any atom is 0.258 e. The predicted octanol–water partition coefficient (Wildman–Crippen LogP) is 2.87. The lowest BCUT2D eigenvalue weighted by Gasteiger charge is -2.22. The summed E-state index contributed by atoms with van der Waals surface area (Å²) in [6.07, 6.45) is 3.68. The lowest BCUT2D eigenvalue weighted by atomic mass is 10.1. The molecule has 0 saturated carbocycles. The molecule has 0 atom stereocenters. The second kappa shape index (κ2) is 7.54. The number of aromatic nitrogens is 1. The minimum Gasteiger partial charge on any atom is -0.497 e. The van der Waals surface area contributed by atoms with Crippen LogP contribution in [0.2, 0.25) is 0 Å². The third kappa shape index (κ3) is 3.74.